The van der Waals surface area contributed by atoms with Gasteiger partial charge in [0.05, 0.1) is 5.69 Å². The highest BCUT2D eigenvalue weighted by atomic mass is 35.5. The Morgan fingerprint density at radius 1 is 1.20 bits per heavy atom. The first-order valence-electron chi connectivity index (χ1n) is 8.48. The Morgan fingerprint density at radius 3 is 2.40 bits per heavy atom. The molecule has 0 spiro atoms. The fourth-order valence-electron chi connectivity index (χ4n) is 3.58. The van der Waals surface area contributed by atoms with Crippen molar-refractivity contribution in [3.05, 3.63) is 29.6 Å². The smallest absolute Gasteiger partial charge is 0.253 e. The molecule has 1 aromatic rings. The van der Waals surface area contributed by atoms with Gasteiger partial charge in [0.2, 0.25) is 0 Å². The van der Waals surface area contributed by atoms with Gasteiger partial charge < -0.3 is 15.5 Å². The molecular weight excluding hydrogens is 364 g/mol. The van der Waals surface area contributed by atoms with E-state index in [1.807, 2.05) is 4.90 Å². The Morgan fingerprint density at radius 2 is 1.84 bits per heavy atom. The van der Waals surface area contributed by atoms with Gasteiger partial charge in [0.1, 0.15) is 5.82 Å². The second-order valence-electron chi connectivity index (χ2n) is 7.47. The van der Waals surface area contributed by atoms with Gasteiger partial charge in [-0.3, -0.25) is 4.79 Å². The summed E-state index contributed by atoms with van der Waals surface area (Å²) in [7, 11) is 0. The van der Waals surface area contributed by atoms with Gasteiger partial charge >= 0.3 is 0 Å². The lowest BCUT2D eigenvalue weighted by atomic mass is 9.79. The monoisotopic (exact) mass is 391 g/mol. The van der Waals surface area contributed by atoms with Crippen molar-refractivity contribution < 1.29 is 9.18 Å². The second kappa shape index (κ2) is 8.56. The maximum Gasteiger partial charge on any atom is 0.253 e. The number of carbonyl (C=O) groups is 1. The molecule has 25 heavy (non-hydrogen) atoms. The number of rotatable bonds is 2. The zero-order valence-electron chi connectivity index (χ0n) is 14.8. The third-order valence-electron chi connectivity index (χ3n) is 5.24. The van der Waals surface area contributed by atoms with Crippen LogP contribution in [0.15, 0.2) is 18.2 Å². The average Bonchev–Trinajstić information content (AvgIpc) is 3.03. The van der Waals surface area contributed by atoms with Gasteiger partial charge in [0.25, 0.3) is 5.91 Å². The molecule has 0 saturated carbocycles. The van der Waals surface area contributed by atoms with Gasteiger partial charge in [-0.15, -0.1) is 24.8 Å². The van der Waals surface area contributed by atoms with Crippen molar-refractivity contribution in [1.29, 1.82) is 0 Å². The molecule has 2 fully saturated rings. The number of hydrogen-bond donors (Lipinski definition) is 1. The number of nitrogens with two attached hydrogens (primary N) is 1. The molecule has 2 N–H and O–H groups in total. The highest BCUT2D eigenvalue weighted by Gasteiger charge is 2.35. The van der Waals surface area contributed by atoms with Crippen LogP contribution in [0.3, 0.4) is 0 Å². The van der Waals surface area contributed by atoms with E-state index in [0.29, 0.717) is 24.3 Å². The molecule has 2 heterocycles. The third-order valence-corrected chi connectivity index (χ3v) is 5.24. The first-order chi connectivity index (χ1) is 10.9. The molecule has 0 radical (unpaired) electrons. The number of amides is 1. The highest BCUT2D eigenvalue weighted by molar-refractivity contribution is 5.94. The first kappa shape index (κ1) is 22.0. The van der Waals surface area contributed by atoms with Crippen LogP contribution in [0, 0.1) is 11.2 Å². The third kappa shape index (κ3) is 4.57. The number of anilines is 1. The van der Waals surface area contributed by atoms with Crippen molar-refractivity contribution in [2.24, 2.45) is 11.1 Å². The van der Waals surface area contributed by atoms with E-state index >= 15 is 0 Å². The number of benzene rings is 1. The molecule has 1 unspecified atom stereocenters. The molecule has 3 rings (SSSR count). The lowest BCUT2D eigenvalue weighted by Crippen LogP contribution is -2.54. The molecule has 142 valence electrons. The van der Waals surface area contributed by atoms with Crippen molar-refractivity contribution >= 4 is 36.4 Å². The van der Waals surface area contributed by atoms with Gasteiger partial charge in [-0.2, -0.15) is 0 Å². The molecule has 1 atom stereocenters. The minimum atomic E-state index is -0.300. The fraction of sp³-hybridized carbons (Fsp3) is 0.611. The molecule has 2 saturated heterocycles. The summed E-state index contributed by atoms with van der Waals surface area (Å²) in [6.45, 7) is 7.19. The second-order valence-corrected chi connectivity index (χ2v) is 7.47. The lowest BCUT2D eigenvalue weighted by Gasteiger charge is -2.42. The van der Waals surface area contributed by atoms with Crippen molar-refractivity contribution in [3.63, 3.8) is 0 Å². The molecule has 7 heteroatoms. The summed E-state index contributed by atoms with van der Waals surface area (Å²) in [5, 5.41) is 0. The van der Waals surface area contributed by atoms with Crippen LogP contribution in [-0.4, -0.2) is 43.0 Å². The van der Waals surface area contributed by atoms with E-state index in [1.165, 1.54) is 6.07 Å². The van der Waals surface area contributed by atoms with Crippen molar-refractivity contribution in [2.75, 3.05) is 31.1 Å². The van der Waals surface area contributed by atoms with Crippen molar-refractivity contribution in [3.8, 4) is 0 Å². The maximum absolute atomic E-state index is 14.4. The number of halogens is 3. The maximum atomic E-state index is 14.4. The SMILES string of the molecule is CC1(C)CN(C(=O)c2ccc(N3CCCC3)c(F)c2)CCC1N.Cl.Cl. The van der Waals surface area contributed by atoms with Crippen LogP contribution in [0.4, 0.5) is 10.1 Å². The van der Waals surface area contributed by atoms with E-state index in [1.54, 1.807) is 17.0 Å². The van der Waals surface area contributed by atoms with Crippen molar-refractivity contribution in [2.45, 2.75) is 39.2 Å². The molecule has 1 aromatic carbocycles. The van der Waals surface area contributed by atoms with Crippen molar-refractivity contribution in [1.82, 2.24) is 4.90 Å². The van der Waals surface area contributed by atoms with Gasteiger partial charge in [-0.25, -0.2) is 4.39 Å². The van der Waals surface area contributed by atoms with E-state index in [-0.39, 0.29) is 48.0 Å². The van der Waals surface area contributed by atoms with Gasteiger partial charge in [-0.05, 0) is 42.9 Å². The van der Waals surface area contributed by atoms with Gasteiger partial charge in [-0.1, -0.05) is 13.8 Å². The number of carbonyl (C=O) groups excluding carboxylic acids is 1. The Hall–Kier alpha value is -1.04. The number of likely N-dealkylation sites (tertiary alicyclic amines) is 1. The Bertz CT molecular complexity index is 606. The highest BCUT2D eigenvalue weighted by Crippen LogP contribution is 2.30. The summed E-state index contributed by atoms with van der Waals surface area (Å²) in [5.74, 6) is -0.400. The molecule has 2 aliphatic rings. The van der Waals surface area contributed by atoms with Crippen LogP contribution in [0.1, 0.15) is 43.5 Å². The molecule has 0 bridgehead atoms. The quantitative estimate of drug-likeness (QED) is 0.839. The van der Waals surface area contributed by atoms with E-state index in [9.17, 15) is 9.18 Å². The largest absolute Gasteiger partial charge is 0.369 e. The topological polar surface area (TPSA) is 49.6 Å². The van der Waals surface area contributed by atoms with Crippen LogP contribution in [0.25, 0.3) is 0 Å². The van der Waals surface area contributed by atoms with Crippen LogP contribution in [-0.2, 0) is 0 Å². The van der Waals surface area contributed by atoms with Crippen LogP contribution in [0.2, 0.25) is 0 Å². The van der Waals surface area contributed by atoms with Crippen LogP contribution < -0.4 is 10.6 Å². The van der Waals surface area contributed by atoms with Crippen LogP contribution >= 0.6 is 24.8 Å². The summed E-state index contributed by atoms with van der Waals surface area (Å²) in [6.07, 6.45) is 2.99. The molecule has 0 aromatic heterocycles. The summed E-state index contributed by atoms with van der Waals surface area (Å²) in [4.78, 5) is 16.5. The molecule has 4 nitrogen and oxygen atoms in total. The molecule has 0 aliphatic carbocycles. The van der Waals surface area contributed by atoms with E-state index in [4.69, 9.17) is 5.73 Å². The summed E-state index contributed by atoms with van der Waals surface area (Å²) in [5.41, 5.74) is 7.05. The Labute approximate surface area is 161 Å². The Kier molecular flexibility index (Phi) is 7.54. The van der Waals surface area contributed by atoms with E-state index in [0.717, 1.165) is 32.4 Å². The average molecular weight is 392 g/mol. The van der Waals surface area contributed by atoms with E-state index in [2.05, 4.69) is 13.8 Å². The molecule has 2 aliphatic heterocycles. The summed E-state index contributed by atoms with van der Waals surface area (Å²) >= 11 is 0. The minimum absolute atomic E-state index is 0. The number of piperidine rings is 1. The summed E-state index contributed by atoms with van der Waals surface area (Å²) in [6, 6.07) is 4.98. The normalized spacial score (nSPS) is 22.2. The number of nitrogens with zero attached hydrogens (tertiary/aromatic N) is 2. The zero-order valence-corrected chi connectivity index (χ0v) is 16.5. The predicted octanol–water partition coefficient (Wildman–Crippen LogP) is 3.47. The van der Waals surface area contributed by atoms with Gasteiger partial charge in [0, 0.05) is 37.8 Å². The standard InChI is InChI=1S/C18H26FN3O.2ClH/c1-18(2)12-22(10-7-16(18)20)17(23)13-5-6-15(14(19)11-13)21-8-3-4-9-21;;/h5-6,11,16H,3-4,7-10,12,20H2,1-2H3;2*1H. The molecule has 1 amide bonds. The number of hydrogen-bond acceptors (Lipinski definition) is 3. The lowest BCUT2D eigenvalue weighted by molar-refractivity contribution is 0.0532. The zero-order chi connectivity index (χ0) is 16.6. The van der Waals surface area contributed by atoms with Gasteiger partial charge in [0.15, 0.2) is 0 Å². The summed E-state index contributed by atoms with van der Waals surface area (Å²) < 4.78 is 14.4. The molecular formula is C18H28Cl2FN3O. The fourth-order valence-corrected chi connectivity index (χ4v) is 3.58. The minimum Gasteiger partial charge on any atom is -0.369 e. The first-order valence-corrected chi connectivity index (χ1v) is 8.48. The predicted molar refractivity (Wildman–Crippen MR) is 105 cm³/mol. The van der Waals surface area contributed by atoms with Crippen LogP contribution in [0.5, 0.6) is 0 Å². The Balaban J connectivity index is 0.00000156. The van der Waals surface area contributed by atoms with E-state index < -0.39 is 0 Å².